The van der Waals surface area contributed by atoms with Crippen LogP contribution in [0.3, 0.4) is 0 Å². The number of carbonyl (C=O) groups is 1. The molecule has 1 amide bonds. The Hall–Kier alpha value is -4.08. The van der Waals surface area contributed by atoms with Gasteiger partial charge in [-0.25, -0.2) is 4.68 Å². The molecule has 1 aromatic carbocycles. The normalized spacial score (nSPS) is 16.0. The molecule has 12 heteroatoms. The number of ether oxygens (including phenoxy) is 3. The van der Waals surface area contributed by atoms with E-state index < -0.39 is 14.4 Å². The molecule has 1 aliphatic rings. The fourth-order valence-corrected chi connectivity index (χ4v) is 12.4. The first kappa shape index (κ1) is 35.2. The van der Waals surface area contributed by atoms with E-state index in [9.17, 15) is 4.79 Å². The van der Waals surface area contributed by atoms with Crippen LogP contribution >= 0.6 is 0 Å². The van der Waals surface area contributed by atoms with Crippen LogP contribution in [0.4, 0.5) is 0 Å². The van der Waals surface area contributed by atoms with E-state index in [1.165, 1.54) is 6.92 Å². The summed E-state index contributed by atoms with van der Waals surface area (Å²) in [7, 11) is 1.67. The molecular weight excluding hydrogens is 623 g/mol. The Balaban J connectivity index is 1.59. The maximum atomic E-state index is 11.8. The van der Waals surface area contributed by atoms with Gasteiger partial charge in [0.15, 0.2) is 6.23 Å². The van der Waals surface area contributed by atoms with Crippen LogP contribution in [-0.2, 0) is 23.6 Å². The summed E-state index contributed by atoms with van der Waals surface area (Å²) in [5.41, 5.74) is 9.71. The van der Waals surface area contributed by atoms with Crippen LogP contribution in [0.15, 0.2) is 30.6 Å². The quantitative estimate of drug-likeness (QED) is 0.108. The van der Waals surface area contributed by atoms with Crippen molar-refractivity contribution in [2.75, 3.05) is 13.2 Å². The van der Waals surface area contributed by atoms with Crippen molar-refractivity contribution in [1.29, 1.82) is 0 Å². The molecule has 2 atom stereocenters. The zero-order valence-electron chi connectivity index (χ0n) is 30.1. The van der Waals surface area contributed by atoms with Crippen molar-refractivity contribution in [3.63, 3.8) is 0 Å². The third kappa shape index (κ3) is 7.32. The highest BCUT2D eigenvalue weighted by atomic mass is 28.3. The Morgan fingerprint density at radius 1 is 1.00 bits per heavy atom. The number of rotatable bonds is 11. The van der Waals surface area contributed by atoms with Gasteiger partial charge in [0.05, 0.1) is 17.6 Å². The number of nitrogens with one attached hydrogen (secondary N) is 1. The first-order valence-electron chi connectivity index (χ1n) is 17.1. The summed E-state index contributed by atoms with van der Waals surface area (Å²) in [5, 5.41) is 17.9. The van der Waals surface area contributed by atoms with Crippen molar-refractivity contribution in [2.45, 2.75) is 104 Å². The number of hydrogen-bond donors (Lipinski definition) is 1. The van der Waals surface area contributed by atoms with Crippen molar-refractivity contribution < 1.29 is 19.0 Å². The Labute approximate surface area is 285 Å². The summed E-state index contributed by atoms with van der Waals surface area (Å²) < 4.78 is 24.1. The maximum absolute atomic E-state index is 11.8. The molecule has 258 valence electrons. The first-order chi connectivity index (χ1) is 22.8. The molecule has 0 spiro atoms. The second-order valence-electron chi connectivity index (χ2n) is 13.9. The minimum absolute atomic E-state index is 0.113. The Morgan fingerprint density at radius 2 is 1.67 bits per heavy atom. The lowest BCUT2D eigenvalue weighted by molar-refractivity contribution is -0.120. The van der Waals surface area contributed by atoms with Crippen LogP contribution < -0.4 is 14.8 Å². The summed E-state index contributed by atoms with van der Waals surface area (Å²) in [4.78, 5) is 11.8. The first-order valence-corrected chi connectivity index (χ1v) is 19.3. The predicted molar refractivity (Wildman–Crippen MR) is 190 cm³/mol. The van der Waals surface area contributed by atoms with Gasteiger partial charge in [0.1, 0.15) is 13.8 Å². The van der Waals surface area contributed by atoms with E-state index in [1.54, 1.807) is 9.36 Å². The minimum Gasteiger partial charge on any atom is -0.434 e. The van der Waals surface area contributed by atoms with E-state index in [0.29, 0.717) is 28.4 Å². The standard InChI is InChI=1S/C36H51N7O4Si/c1-23(2)48(24(3)4,25(5)6)18-16-31-29-19-28(14-15-32(29)43(38-31)33-13-11-12-17-45-33)30-22-42(10)40-36(30)47-34(20-37-27(8)44)46-35-26(7)21-41(9)39-35/h14-15,19,21-25,33-34H,11-13,17,20H2,1-10H3,(H,37,44). The molecule has 1 fully saturated rings. The van der Waals surface area contributed by atoms with Crippen molar-refractivity contribution in [2.24, 2.45) is 14.1 Å². The van der Waals surface area contributed by atoms with Crippen LogP contribution in [0, 0.1) is 18.4 Å². The molecule has 4 aromatic rings. The van der Waals surface area contributed by atoms with Gasteiger partial charge in [-0.2, -0.15) is 5.10 Å². The lowest BCUT2D eigenvalue weighted by Crippen LogP contribution is -2.43. The van der Waals surface area contributed by atoms with Gasteiger partial charge in [-0.1, -0.05) is 53.5 Å². The van der Waals surface area contributed by atoms with Gasteiger partial charge in [0.2, 0.25) is 17.7 Å². The van der Waals surface area contributed by atoms with Gasteiger partial charge >= 0.3 is 0 Å². The summed E-state index contributed by atoms with van der Waals surface area (Å²) >= 11 is 0. The molecule has 5 rings (SSSR count). The van der Waals surface area contributed by atoms with E-state index in [-0.39, 0.29) is 18.7 Å². The van der Waals surface area contributed by atoms with Crippen molar-refractivity contribution in [3.05, 3.63) is 41.9 Å². The number of benzene rings is 1. The van der Waals surface area contributed by atoms with E-state index in [0.717, 1.165) is 59.2 Å². The van der Waals surface area contributed by atoms with E-state index >= 15 is 0 Å². The van der Waals surface area contributed by atoms with Crippen LogP contribution in [0.5, 0.6) is 11.8 Å². The summed E-state index contributed by atoms with van der Waals surface area (Å²) in [6.45, 7) is 18.2. The Kier molecular flexibility index (Phi) is 10.7. The number of fused-ring (bicyclic) bond motifs is 1. The van der Waals surface area contributed by atoms with E-state index in [2.05, 4.69) is 86.7 Å². The second kappa shape index (κ2) is 14.6. The zero-order valence-corrected chi connectivity index (χ0v) is 31.1. The molecule has 2 unspecified atom stereocenters. The highest BCUT2D eigenvalue weighted by Crippen LogP contribution is 2.41. The van der Waals surface area contributed by atoms with Gasteiger partial charge in [-0.3, -0.25) is 14.2 Å². The van der Waals surface area contributed by atoms with Crippen LogP contribution in [0.25, 0.3) is 22.0 Å². The van der Waals surface area contributed by atoms with Gasteiger partial charge in [0, 0.05) is 51.0 Å². The largest absolute Gasteiger partial charge is 0.434 e. The zero-order chi connectivity index (χ0) is 34.7. The van der Waals surface area contributed by atoms with Crippen molar-refractivity contribution in [3.8, 4) is 34.4 Å². The molecule has 48 heavy (non-hydrogen) atoms. The number of amides is 1. The second-order valence-corrected chi connectivity index (χ2v) is 19.5. The van der Waals surface area contributed by atoms with Gasteiger partial charge < -0.3 is 19.5 Å². The molecule has 1 saturated heterocycles. The van der Waals surface area contributed by atoms with Gasteiger partial charge in [-0.15, -0.1) is 15.7 Å². The summed E-state index contributed by atoms with van der Waals surface area (Å²) in [6.07, 6.45) is 5.88. The number of aromatic nitrogens is 6. The highest BCUT2D eigenvalue weighted by molar-refractivity contribution is 6.90. The molecule has 0 saturated carbocycles. The lowest BCUT2D eigenvalue weighted by atomic mass is 10.1. The number of hydrogen-bond acceptors (Lipinski definition) is 7. The molecule has 1 N–H and O–H groups in total. The molecular formula is C36H51N7O4Si. The molecule has 1 aliphatic heterocycles. The van der Waals surface area contributed by atoms with E-state index in [1.807, 2.05) is 38.1 Å². The van der Waals surface area contributed by atoms with Crippen molar-refractivity contribution >= 4 is 24.9 Å². The molecule has 4 heterocycles. The average molecular weight is 674 g/mol. The highest BCUT2D eigenvalue weighted by Gasteiger charge is 2.42. The third-order valence-corrected chi connectivity index (χ3v) is 15.8. The summed E-state index contributed by atoms with van der Waals surface area (Å²) in [6, 6.07) is 6.29. The predicted octanol–water partition coefficient (Wildman–Crippen LogP) is 6.67. The minimum atomic E-state index is -2.01. The van der Waals surface area contributed by atoms with Gasteiger partial charge in [0.25, 0.3) is 6.29 Å². The maximum Gasteiger partial charge on any atom is 0.261 e. The SMILES string of the molecule is CC(=O)NCC(Oc1nn(C)cc1C)Oc1nn(C)cc1-c1ccc2c(c1)c(C#C[Si](C(C)C)(C(C)C)C(C)C)nn2C1CCCCO1. The Bertz CT molecular complexity index is 1780. The van der Waals surface area contributed by atoms with Gasteiger partial charge in [-0.05, 0) is 60.5 Å². The average Bonchev–Trinajstić information content (AvgIpc) is 3.69. The fraction of sp³-hybridized carbons (Fsp3) is 0.556. The molecule has 0 bridgehead atoms. The number of nitrogens with zero attached hydrogens (tertiary/aromatic N) is 6. The third-order valence-electron chi connectivity index (χ3n) is 9.47. The topological polar surface area (TPSA) is 110 Å². The lowest BCUT2D eigenvalue weighted by Gasteiger charge is -2.38. The number of carbonyl (C=O) groups excluding carboxylic acids is 1. The van der Waals surface area contributed by atoms with Crippen LogP contribution in [-0.4, -0.2) is 62.8 Å². The molecule has 11 nitrogen and oxygen atoms in total. The fourth-order valence-electron chi connectivity index (χ4n) is 7.18. The molecule has 3 aromatic heterocycles. The van der Waals surface area contributed by atoms with Crippen molar-refractivity contribution in [1.82, 2.24) is 34.7 Å². The Morgan fingerprint density at radius 3 is 2.27 bits per heavy atom. The smallest absolute Gasteiger partial charge is 0.261 e. The molecule has 0 aliphatic carbocycles. The molecule has 0 radical (unpaired) electrons. The number of aryl methyl sites for hydroxylation is 3. The van der Waals surface area contributed by atoms with Crippen LogP contribution in [0.1, 0.15) is 85.2 Å². The monoisotopic (exact) mass is 673 g/mol. The van der Waals surface area contributed by atoms with E-state index in [4.69, 9.17) is 19.3 Å². The summed E-state index contributed by atoms with van der Waals surface area (Å²) in [5.74, 6) is 4.24. The van der Waals surface area contributed by atoms with Crippen LogP contribution in [0.2, 0.25) is 16.6 Å².